The molecule has 1 fully saturated rings. The molecule has 0 aliphatic heterocycles. The summed E-state index contributed by atoms with van der Waals surface area (Å²) in [6.45, 7) is 5.80. The van der Waals surface area contributed by atoms with Crippen molar-refractivity contribution in [1.29, 1.82) is 0 Å². The van der Waals surface area contributed by atoms with Crippen LogP contribution in [0.3, 0.4) is 0 Å². The molecule has 2 aromatic rings. The normalized spacial score (nSPS) is 14.9. The third kappa shape index (κ3) is 6.03. The number of carboxylic acids is 1. The molecule has 0 bridgehead atoms. The van der Waals surface area contributed by atoms with Gasteiger partial charge in [0.05, 0.1) is 11.3 Å². The molecule has 8 nitrogen and oxygen atoms in total. The quantitative estimate of drug-likeness (QED) is 0.408. The van der Waals surface area contributed by atoms with E-state index in [9.17, 15) is 19.5 Å². The molecule has 2 aromatic carbocycles. The van der Waals surface area contributed by atoms with Gasteiger partial charge in [0.15, 0.2) is 0 Å². The number of aliphatic carboxylic acids is 1. The second-order valence-electron chi connectivity index (χ2n) is 8.85. The van der Waals surface area contributed by atoms with Gasteiger partial charge in [-0.15, -0.1) is 0 Å². The van der Waals surface area contributed by atoms with Crippen molar-refractivity contribution < 1.29 is 19.5 Å². The van der Waals surface area contributed by atoms with Gasteiger partial charge >= 0.3 is 12.0 Å². The molecule has 1 unspecified atom stereocenters. The number of anilines is 3. The summed E-state index contributed by atoms with van der Waals surface area (Å²) in [4.78, 5) is 37.6. The van der Waals surface area contributed by atoms with Crippen LogP contribution in [0, 0.1) is 26.7 Å². The molecule has 1 aliphatic carbocycles. The number of carboxylic acid groups (broad SMARTS) is 1. The number of carbonyl (C=O) groups excluding carboxylic acids is 2. The van der Waals surface area contributed by atoms with Gasteiger partial charge in [-0.2, -0.15) is 0 Å². The number of nitrogens with one attached hydrogen (secondary N) is 3. The second-order valence-corrected chi connectivity index (χ2v) is 8.85. The van der Waals surface area contributed by atoms with Crippen LogP contribution in [0.25, 0.3) is 0 Å². The van der Waals surface area contributed by atoms with Gasteiger partial charge in [-0.25, -0.2) is 9.59 Å². The molecule has 0 spiro atoms. The van der Waals surface area contributed by atoms with Gasteiger partial charge in [0.1, 0.15) is 6.04 Å². The number of benzene rings is 2. The van der Waals surface area contributed by atoms with Crippen LogP contribution in [0.2, 0.25) is 0 Å². The molecule has 3 rings (SSSR count). The number of rotatable bonds is 6. The highest BCUT2D eigenvalue weighted by atomic mass is 16.4. The summed E-state index contributed by atoms with van der Waals surface area (Å²) >= 11 is 0. The average molecular weight is 453 g/mol. The fraction of sp³-hybridized carbons (Fsp3) is 0.400. The van der Waals surface area contributed by atoms with E-state index in [0.717, 1.165) is 48.8 Å². The van der Waals surface area contributed by atoms with Crippen LogP contribution >= 0.6 is 0 Å². The first-order valence-corrected chi connectivity index (χ1v) is 11.2. The second kappa shape index (κ2) is 10.4. The first-order chi connectivity index (χ1) is 15.7. The van der Waals surface area contributed by atoms with Crippen LogP contribution in [-0.4, -0.2) is 29.1 Å². The van der Waals surface area contributed by atoms with Crippen molar-refractivity contribution in [3.8, 4) is 0 Å². The zero-order valence-corrected chi connectivity index (χ0v) is 19.3. The molecule has 0 heterocycles. The molecule has 6 N–H and O–H groups in total. The van der Waals surface area contributed by atoms with E-state index < -0.39 is 23.9 Å². The van der Waals surface area contributed by atoms with Crippen molar-refractivity contribution >= 4 is 35.0 Å². The summed E-state index contributed by atoms with van der Waals surface area (Å²) in [5.74, 6) is -1.73. The lowest BCUT2D eigenvalue weighted by molar-refractivity contribution is -0.141. The molecule has 1 saturated carbocycles. The maximum Gasteiger partial charge on any atom is 0.326 e. The van der Waals surface area contributed by atoms with E-state index in [-0.39, 0.29) is 17.2 Å². The third-order valence-electron chi connectivity index (χ3n) is 6.13. The summed E-state index contributed by atoms with van der Waals surface area (Å²) in [5, 5.41) is 17.9. The molecule has 1 aliphatic rings. The van der Waals surface area contributed by atoms with Crippen LogP contribution in [0.1, 0.15) is 59.2 Å². The Morgan fingerprint density at radius 1 is 0.970 bits per heavy atom. The largest absolute Gasteiger partial charge is 0.480 e. The standard InChI is InChI=1S/C25H32N4O4/c1-14-11-15(2)21(16(3)12-14)29-25(33)27-20-13-18(26)9-10-19(20)23(30)28-22(24(31)32)17-7-5-4-6-8-17/h9-13,17,22H,4-8,26H2,1-3H3,(H,28,30)(H,31,32)(H2,27,29,33). The van der Waals surface area contributed by atoms with E-state index in [1.807, 2.05) is 32.9 Å². The molecule has 176 valence electrons. The van der Waals surface area contributed by atoms with Crippen molar-refractivity contribution in [2.75, 3.05) is 16.4 Å². The average Bonchev–Trinajstić information content (AvgIpc) is 2.75. The van der Waals surface area contributed by atoms with Gasteiger partial charge < -0.3 is 26.8 Å². The number of hydrogen-bond acceptors (Lipinski definition) is 4. The monoisotopic (exact) mass is 452 g/mol. The highest BCUT2D eigenvalue weighted by molar-refractivity contribution is 6.08. The maximum atomic E-state index is 13.0. The summed E-state index contributed by atoms with van der Waals surface area (Å²) in [7, 11) is 0. The Morgan fingerprint density at radius 2 is 1.61 bits per heavy atom. The number of urea groups is 1. The molecule has 8 heteroatoms. The minimum absolute atomic E-state index is 0.110. The molecule has 1 atom stereocenters. The number of nitrogen functional groups attached to an aromatic ring is 1. The maximum absolute atomic E-state index is 13.0. The van der Waals surface area contributed by atoms with E-state index in [1.54, 1.807) is 6.07 Å². The first-order valence-electron chi connectivity index (χ1n) is 11.2. The fourth-order valence-corrected chi connectivity index (χ4v) is 4.58. The molecule has 0 radical (unpaired) electrons. The van der Waals surface area contributed by atoms with Gasteiger partial charge in [0.25, 0.3) is 5.91 Å². The zero-order valence-electron chi connectivity index (χ0n) is 19.3. The number of amides is 3. The predicted molar refractivity (Wildman–Crippen MR) is 130 cm³/mol. The summed E-state index contributed by atoms with van der Waals surface area (Å²) in [5.41, 5.74) is 10.2. The smallest absolute Gasteiger partial charge is 0.326 e. The predicted octanol–water partition coefficient (Wildman–Crippen LogP) is 4.60. The first kappa shape index (κ1) is 24.1. The summed E-state index contributed by atoms with van der Waals surface area (Å²) in [6, 6.07) is 6.96. The lowest BCUT2D eigenvalue weighted by Crippen LogP contribution is -2.46. The minimum Gasteiger partial charge on any atom is -0.480 e. The molecule has 33 heavy (non-hydrogen) atoms. The number of aryl methyl sites for hydroxylation is 3. The Hall–Kier alpha value is -3.55. The Labute approximate surface area is 193 Å². The van der Waals surface area contributed by atoms with E-state index in [2.05, 4.69) is 16.0 Å². The number of carbonyl (C=O) groups is 3. The van der Waals surface area contributed by atoms with Crippen LogP contribution < -0.4 is 21.7 Å². The SMILES string of the molecule is Cc1cc(C)c(NC(=O)Nc2cc(N)ccc2C(=O)NC(C(=O)O)C2CCCCC2)c(C)c1. The van der Waals surface area contributed by atoms with Gasteiger partial charge in [-0.1, -0.05) is 37.0 Å². The lowest BCUT2D eigenvalue weighted by atomic mass is 9.84. The topological polar surface area (TPSA) is 134 Å². The highest BCUT2D eigenvalue weighted by Crippen LogP contribution is 2.28. The molecular weight excluding hydrogens is 420 g/mol. The van der Waals surface area contributed by atoms with E-state index in [1.165, 1.54) is 12.1 Å². The highest BCUT2D eigenvalue weighted by Gasteiger charge is 2.31. The van der Waals surface area contributed by atoms with Crippen LogP contribution in [0.5, 0.6) is 0 Å². The van der Waals surface area contributed by atoms with Crippen LogP contribution in [0.15, 0.2) is 30.3 Å². The lowest BCUT2D eigenvalue weighted by Gasteiger charge is -2.28. The van der Waals surface area contributed by atoms with Gasteiger partial charge in [0, 0.05) is 11.4 Å². The van der Waals surface area contributed by atoms with Crippen molar-refractivity contribution in [2.45, 2.75) is 58.9 Å². The Balaban J connectivity index is 1.79. The Bertz CT molecular complexity index is 1040. The Kier molecular flexibility index (Phi) is 7.58. The fourth-order valence-electron chi connectivity index (χ4n) is 4.58. The van der Waals surface area contributed by atoms with E-state index >= 15 is 0 Å². The van der Waals surface area contributed by atoms with Gasteiger partial charge in [-0.05, 0) is 68.9 Å². The third-order valence-corrected chi connectivity index (χ3v) is 6.13. The van der Waals surface area contributed by atoms with Crippen molar-refractivity contribution in [1.82, 2.24) is 5.32 Å². The van der Waals surface area contributed by atoms with Crippen molar-refractivity contribution in [2.24, 2.45) is 5.92 Å². The van der Waals surface area contributed by atoms with Crippen molar-refractivity contribution in [3.05, 3.63) is 52.6 Å². The van der Waals surface area contributed by atoms with Crippen LogP contribution in [-0.2, 0) is 4.79 Å². The zero-order chi connectivity index (χ0) is 24.1. The van der Waals surface area contributed by atoms with Crippen molar-refractivity contribution in [3.63, 3.8) is 0 Å². The van der Waals surface area contributed by atoms with E-state index in [0.29, 0.717) is 11.4 Å². The number of nitrogens with two attached hydrogens (primary N) is 1. The molecular formula is C25H32N4O4. The van der Waals surface area contributed by atoms with Crippen LogP contribution in [0.4, 0.5) is 21.9 Å². The summed E-state index contributed by atoms with van der Waals surface area (Å²) < 4.78 is 0. The minimum atomic E-state index is -1.05. The van der Waals surface area contributed by atoms with E-state index in [4.69, 9.17) is 5.73 Å². The Morgan fingerprint density at radius 3 is 2.21 bits per heavy atom. The summed E-state index contributed by atoms with van der Waals surface area (Å²) in [6.07, 6.45) is 4.52. The molecule has 3 amide bonds. The molecule has 0 saturated heterocycles. The number of hydrogen-bond donors (Lipinski definition) is 5. The van der Waals surface area contributed by atoms with Gasteiger partial charge in [-0.3, -0.25) is 4.79 Å². The molecule has 0 aromatic heterocycles. The van der Waals surface area contributed by atoms with Gasteiger partial charge in [0.2, 0.25) is 0 Å².